The van der Waals surface area contributed by atoms with E-state index in [2.05, 4.69) is 0 Å². The summed E-state index contributed by atoms with van der Waals surface area (Å²) in [6, 6.07) is 5.57. The van der Waals surface area contributed by atoms with Crippen LogP contribution in [0.15, 0.2) is 24.3 Å². The molecule has 1 aromatic heterocycles. The summed E-state index contributed by atoms with van der Waals surface area (Å²) < 4.78 is 32.3. The molecule has 2 nitrogen and oxygen atoms in total. The topological polar surface area (TPSA) is 29.5 Å². The number of halogens is 2. The molecule has 1 atom stereocenters. The number of rotatable bonds is 3. The van der Waals surface area contributed by atoms with Gasteiger partial charge in [-0.2, -0.15) is 0 Å². The maximum Gasteiger partial charge on any atom is 0.136 e. The second kappa shape index (κ2) is 5.04. The Morgan fingerprint density at radius 2 is 1.83 bits per heavy atom. The van der Waals surface area contributed by atoms with Gasteiger partial charge >= 0.3 is 0 Å². The summed E-state index contributed by atoms with van der Waals surface area (Å²) in [4.78, 5) is 1.48. The molecule has 0 aliphatic rings. The second-order valence-corrected chi connectivity index (χ2v) is 5.18. The standard InChI is InChI=1S/C13H12F2O2S/c1-7-3-4-11(18-7)13(16)12-9(14)5-8(17-2)6-10(12)15/h3-6,13,16H,1-2H3. The Morgan fingerprint density at radius 1 is 1.22 bits per heavy atom. The third-order valence-electron chi connectivity index (χ3n) is 2.59. The van der Waals surface area contributed by atoms with Gasteiger partial charge in [0.15, 0.2) is 0 Å². The van der Waals surface area contributed by atoms with Gasteiger partial charge in [0, 0.05) is 21.9 Å². The number of methoxy groups -OCH3 is 1. The molecule has 2 aromatic rings. The molecule has 0 spiro atoms. The lowest BCUT2D eigenvalue weighted by Gasteiger charge is -2.12. The molecule has 0 bridgehead atoms. The summed E-state index contributed by atoms with van der Waals surface area (Å²) >= 11 is 1.30. The monoisotopic (exact) mass is 270 g/mol. The van der Waals surface area contributed by atoms with E-state index < -0.39 is 17.7 Å². The number of aryl methyl sites for hydroxylation is 1. The maximum atomic E-state index is 13.8. The first-order chi connectivity index (χ1) is 8.52. The molecule has 1 heterocycles. The highest BCUT2D eigenvalue weighted by atomic mass is 32.1. The average molecular weight is 270 g/mol. The minimum Gasteiger partial charge on any atom is -0.497 e. The number of benzene rings is 1. The van der Waals surface area contributed by atoms with E-state index in [1.165, 1.54) is 18.4 Å². The Labute approximate surface area is 107 Å². The van der Waals surface area contributed by atoms with Crippen molar-refractivity contribution in [3.63, 3.8) is 0 Å². The highest BCUT2D eigenvalue weighted by molar-refractivity contribution is 7.12. The molecule has 18 heavy (non-hydrogen) atoms. The van der Waals surface area contributed by atoms with Crippen molar-refractivity contribution in [1.82, 2.24) is 0 Å². The van der Waals surface area contributed by atoms with Gasteiger partial charge in [-0.05, 0) is 19.1 Å². The Bertz CT molecular complexity index is 543. The van der Waals surface area contributed by atoms with E-state index in [0.29, 0.717) is 4.88 Å². The van der Waals surface area contributed by atoms with Gasteiger partial charge in [-0.15, -0.1) is 11.3 Å². The van der Waals surface area contributed by atoms with Gasteiger partial charge < -0.3 is 9.84 Å². The van der Waals surface area contributed by atoms with Crippen LogP contribution in [-0.2, 0) is 0 Å². The summed E-state index contributed by atoms with van der Waals surface area (Å²) in [5.74, 6) is -1.54. The van der Waals surface area contributed by atoms with Crippen molar-refractivity contribution in [2.45, 2.75) is 13.0 Å². The second-order valence-electron chi connectivity index (χ2n) is 3.86. The smallest absolute Gasteiger partial charge is 0.136 e. The van der Waals surface area contributed by atoms with E-state index in [0.717, 1.165) is 17.0 Å². The van der Waals surface area contributed by atoms with Crippen molar-refractivity contribution < 1.29 is 18.6 Å². The molecule has 0 fully saturated rings. The molecule has 0 radical (unpaired) electrons. The number of hydrogen-bond acceptors (Lipinski definition) is 3. The largest absolute Gasteiger partial charge is 0.497 e. The van der Waals surface area contributed by atoms with E-state index >= 15 is 0 Å². The number of hydrogen-bond donors (Lipinski definition) is 1. The fourth-order valence-electron chi connectivity index (χ4n) is 1.68. The van der Waals surface area contributed by atoms with Crippen LogP contribution in [0.3, 0.4) is 0 Å². The molecule has 0 aliphatic carbocycles. The highest BCUT2D eigenvalue weighted by Gasteiger charge is 2.22. The van der Waals surface area contributed by atoms with Gasteiger partial charge in [0.05, 0.1) is 12.7 Å². The van der Waals surface area contributed by atoms with Crippen LogP contribution in [0.25, 0.3) is 0 Å². The van der Waals surface area contributed by atoms with Crippen molar-refractivity contribution in [3.8, 4) is 5.75 Å². The lowest BCUT2D eigenvalue weighted by Crippen LogP contribution is -2.05. The Kier molecular flexibility index (Phi) is 3.63. The van der Waals surface area contributed by atoms with Gasteiger partial charge in [-0.3, -0.25) is 0 Å². The number of thiophene rings is 1. The molecule has 1 N–H and O–H groups in total. The molecule has 0 aliphatic heterocycles. The normalized spacial score (nSPS) is 12.5. The first-order valence-electron chi connectivity index (χ1n) is 5.30. The van der Waals surface area contributed by atoms with Gasteiger partial charge in [-0.25, -0.2) is 8.78 Å². The lowest BCUT2D eigenvalue weighted by molar-refractivity contribution is 0.212. The van der Waals surface area contributed by atoms with Crippen molar-refractivity contribution in [2.24, 2.45) is 0 Å². The molecule has 1 unspecified atom stereocenters. The number of ether oxygens (including phenoxy) is 1. The van der Waals surface area contributed by atoms with Crippen LogP contribution in [0.2, 0.25) is 0 Å². The first kappa shape index (κ1) is 13.0. The lowest BCUT2D eigenvalue weighted by atomic mass is 10.1. The van der Waals surface area contributed by atoms with Gasteiger partial charge in [0.1, 0.15) is 23.5 Å². The summed E-state index contributed by atoms with van der Waals surface area (Å²) in [5.41, 5.74) is -0.349. The molecule has 96 valence electrons. The van der Waals surface area contributed by atoms with E-state index in [1.807, 2.05) is 6.92 Å². The average Bonchev–Trinajstić information content (AvgIpc) is 2.74. The summed E-state index contributed by atoms with van der Waals surface area (Å²) in [6.07, 6.45) is -1.30. The van der Waals surface area contributed by atoms with Crippen LogP contribution in [-0.4, -0.2) is 12.2 Å². The fraction of sp³-hybridized carbons (Fsp3) is 0.231. The Hall–Kier alpha value is -1.46. The van der Waals surface area contributed by atoms with E-state index in [9.17, 15) is 13.9 Å². The minimum absolute atomic E-state index is 0.0864. The SMILES string of the molecule is COc1cc(F)c(C(O)c2ccc(C)s2)c(F)c1. The predicted octanol–water partition coefficient (Wildman–Crippen LogP) is 3.43. The van der Waals surface area contributed by atoms with Crippen molar-refractivity contribution in [3.05, 3.63) is 51.2 Å². The quantitative estimate of drug-likeness (QED) is 0.926. The van der Waals surface area contributed by atoms with E-state index in [1.54, 1.807) is 12.1 Å². The highest BCUT2D eigenvalue weighted by Crippen LogP contribution is 2.33. The molecule has 0 amide bonds. The van der Waals surface area contributed by atoms with Crippen LogP contribution in [0.1, 0.15) is 21.4 Å². The molecule has 1 aromatic carbocycles. The van der Waals surface area contributed by atoms with Crippen molar-refractivity contribution >= 4 is 11.3 Å². The Balaban J connectivity index is 2.44. The van der Waals surface area contributed by atoms with Gasteiger partial charge in [-0.1, -0.05) is 0 Å². The van der Waals surface area contributed by atoms with Crippen molar-refractivity contribution in [1.29, 1.82) is 0 Å². The third-order valence-corrected chi connectivity index (χ3v) is 3.65. The molecule has 0 saturated heterocycles. The van der Waals surface area contributed by atoms with Crippen LogP contribution >= 0.6 is 11.3 Å². The number of aliphatic hydroxyl groups excluding tert-OH is 1. The molecule has 2 rings (SSSR count). The summed E-state index contributed by atoms with van der Waals surface area (Å²) in [6.45, 7) is 1.86. The maximum absolute atomic E-state index is 13.8. The zero-order valence-corrected chi connectivity index (χ0v) is 10.7. The Morgan fingerprint density at radius 3 is 2.28 bits per heavy atom. The van der Waals surface area contributed by atoms with Crippen LogP contribution in [0.5, 0.6) is 5.75 Å². The zero-order valence-electron chi connectivity index (χ0n) is 9.91. The fourth-order valence-corrected chi connectivity index (χ4v) is 2.56. The third kappa shape index (κ3) is 2.37. The van der Waals surface area contributed by atoms with E-state index in [4.69, 9.17) is 4.74 Å². The van der Waals surface area contributed by atoms with Gasteiger partial charge in [0.25, 0.3) is 0 Å². The summed E-state index contributed by atoms with van der Waals surface area (Å²) in [7, 11) is 1.33. The summed E-state index contributed by atoms with van der Waals surface area (Å²) in [5, 5.41) is 10.0. The van der Waals surface area contributed by atoms with Crippen molar-refractivity contribution in [2.75, 3.05) is 7.11 Å². The van der Waals surface area contributed by atoms with Crippen LogP contribution < -0.4 is 4.74 Å². The zero-order chi connectivity index (χ0) is 13.3. The van der Waals surface area contributed by atoms with Gasteiger partial charge in [0.2, 0.25) is 0 Å². The predicted molar refractivity (Wildman–Crippen MR) is 66.0 cm³/mol. The van der Waals surface area contributed by atoms with Crippen LogP contribution in [0.4, 0.5) is 8.78 Å². The first-order valence-corrected chi connectivity index (χ1v) is 6.12. The molecule has 0 saturated carbocycles. The molecular formula is C13H12F2O2S. The van der Waals surface area contributed by atoms with Crippen LogP contribution in [0, 0.1) is 18.6 Å². The molecular weight excluding hydrogens is 258 g/mol. The molecule has 5 heteroatoms. The minimum atomic E-state index is -1.30. The van der Waals surface area contributed by atoms with E-state index in [-0.39, 0.29) is 11.3 Å². The number of aliphatic hydroxyl groups is 1.